The van der Waals surface area contributed by atoms with Crippen LogP contribution < -0.4 is 5.73 Å². The van der Waals surface area contributed by atoms with Crippen LogP contribution in [0.1, 0.15) is 23.2 Å². The summed E-state index contributed by atoms with van der Waals surface area (Å²) in [6.45, 7) is 0. The second kappa shape index (κ2) is 8.10. The first-order chi connectivity index (χ1) is 7.57. The Morgan fingerprint density at radius 1 is 1.50 bits per heavy atom. The highest BCUT2D eigenvalue weighted by Crippen LogP contribution is 1.91. The number of carboxylic acid groups (broad SMARTS) is 1. The molecule has 0 aromatic carbocycles. The SMILES string of the molecule is NC(=O)c1cccnc1.O=CCCC(=O)O. The lowest BCUT2D eigenvalue weighted by molar-refractivity contribution is -0.137. The Labute approximate surface area is 92.1 Å². The second-order valence-corrected chi connectivity index (χ2v) is 2.71. The maximum Gasteiger partial charge on any atom is 0.303 e. The van der Waals surface area contributed by atoms with Gasteiger partial charge in [-0.05, 0) is 12.1 Å². The highest BCUT2D eigenvalue weighted by Gasteiger charge is 1.94. The molecule has 1 heterocycles. The third-order valence-corrected chi connectivity index (χ3v) is 1.42. The van der Waals surface area contributed by atoms with Crippen molar-refractivity contribution in [3.63, 3.8) is 0 Å². The van der Waals surface area contributed by atoms with Gasteiger partial charge in [-0.15, -0.1) is 0 Å². The maximum absolute atomic E-state index is 10.4. The first kappa shape index (κ1) is 13.8. The Morgan fingerprint density at radius 2 is 2.19 bits per heavy atom. The van der Waals surface area contributed by atoms with E-state index in [0.29, 0.717) is 11.8 Å². The van der Waals surface area contributed by atoms with Crippen LogP contribution in [0, 0.1) is 0 Å². The molecular formula is C10H12N2O4. The first-order valence-corrected chi connectivity index (χ1v) is 4.43. The Bertz CT molecular complexity index is 351. The molecule has 0 fully saturated rings. The number of hydrogen-bond donors (Lipinski definition) is 2. The number of carboxylic acids is 1. The molecule has 1 rings (SSSR count). The van der Waals surface area contributed by atoms with Crippen LogP contribution in [0.4, 0.5) is 0 Å². The minimum Gasteiger partial charge on any atom is -0.481 e. The van der Waals surface area contributed by atoms with Crippen LogP contribution in [0.15, 0.2) is 24.5 Å². The highest BCUT2D eigenvalue weighted by molar-refractivity contribution is 5.92. The van der Waals surface area contributed by atoms with Crippen molar-refractivity contribution < 1.29 is 19.5 Å². The fourth-order valence-electron chi connectivity index (χ4n) is 0.691. The van der Waals surface area contributed by atoms with Gasteiger partial charge in [-0.25, -0.2) is 0 Å². The number of aromatic nitrogens is 1. The monoisotopic (exact) mass is 224 g/mol. The summed E-state index contributed by atoms with van der Waals surface area (Å²) in [5.41, 5.74) is 5.38. The topological polar surface area (TPSA) is 110 Å². The van der Waals surface area contributed by atoms with E-state index in [-0.39, 0.29) is 12.8 Å². The number of nitrogens with two attached hydrogens (primary N) is 1. The Kier molecular flexibility index (Phi) is 6.97. The lowest BCUT2D eigenvalue weighted by atomic mass is 10.3. The van der Waals surface area contributed by atoms with Gasteiger partial charge in [0.1, 0.15) is 6.29 Å². The van der Waals surface area contributed by atoms with Gasteiger partial charge >= 0.3 is 5.97 Å². The van der Waals surface area contributed by atoms with Crippen molar-refractivity contribution in [1.82, 2.24) is 4.98 Å². The van der Waals surface area contributed by atoms with Crippen molar-refractivity contribution in [1.29, 1.82) is 0 Å². The van der Waals surface area contributed by atoms with Crippen LogP contribution in [0.3, 0.4) is 0 Å². The fraction of sp³-hybridized carbons (Fsp3) is 0.200. The quantitative estimate of drug-likeness (QED) is 0.711. The molecule has 0 saturated carbocycles. The summed E-state index contributed by atoms with van der Waals surface area (Å²) in [6.07, 6.45) is 3.68. The highest BCUT2D eigenvalue weighted by atomic mass is 16.4. The number of aliphatic carboxylic acids is 1. The van der Waals surface area contributed by atoms with Gasteiger partial charge < -0.3 is 15.6 Å². The summed E-state index contributed by atoms with van der Waals surface area (Å²) in [7, 11) is 0. The van der Waals surface area contributed by atoms with E-state index < -0.39 is 11.9 Å². The van der Waals surface area contributed by atoms with Gasteiger partial charge in [-0.2, -0.15) is 0 Å². The van der Waals surface area contributed by atoms with E-state index in [1.165, 1.54) is 6.20 Å². The molecule has 0 bridgehead atoms. The molecule has 6 nitrogen and oxygen atoms in total. The van der Waals surface area contributed by atoms with Crippen LogP contribution in [-0.2, 0) is 9.59 Å². The van der Waals surface area contributed by atoms with E-state index in [1.54, 1.807) is 18.3 Å². The summed E-state index contributed by atoms with van der Waals surface area (Å²) in [4.78, 5) is 33.1. The average Bonchev–Trinajstić information content (AvgIpc) is 2.28. The normalized spacial score (nSPS) is 8.50. The number of amides is 1. The smallest absolute Gasteiger partial charge is 0.303 e. The average molecular weight is 224 g/mol. The van der Waals surface area contributed by atoms with Crippen molar-refractivity contribution in [2.45, 2.75) is 12.8 Å². The van der Waals surface area contributed by atoms with Gasteiger partial charge in [0.2, 0.25) is 5.91 Å². The van der Waals surface area contributed by atoms with Crippen molar-refractivity contribution >= 4 is 18.2 Å². The van der Waals surface area contributed by atoms with Gasteiger partial charge in [0.15, 0.2) is 0 Å². The predicted molar refractivity (Wildman–Crippen MR) is 55.7 cm³/mol. The number of rotatable bonds is 4. The summed E-state index contributed by atoms with van der Waals surface area (Å²) >= 11 is 0. The molecule has 0 spiro atoms. The zero-order valence-corrected chi connectivity index (χ0v) is 8.50. The minimum atomic E-state index is -0.924. The Morgan fingerprint density at radius 3 is 2.44 bits per heavy atom. The number of aldehydes is 1. The van der Waals surface area contributed by atoms with Crippen molar-refractivity contribution in [2.75, 3.05) is 0 Å². The van der Waals surface area contributed by atoms with E-state index in [4.69, 9.17) is 10.8 Å². The maximum atomic E-state index is 10.4. The molecule has 0 atom stereocenters. The number of nitrogens with zero attached hydrogens (tertiary/aromatic N) is 1. The van der Waals surface area contributed by atoms with Crippen LogP contribution in [-0.4, -0.2) is 28.3 Å². The van der Waals surface area contributed by atoms with Gasteiger partial charge in [0.25, 0.3) is 0 Å². The number of carbonyl (C=O) groups excluding carboxylic acids is 2. The van der Waals surface area contributed by atoms with Gasteiger partial charge in [-0.1, -0.05) is 0 Å². The first-order valence-electron chi connectivity index (χ1n) is 4.43. The number of pyridine rings is 1. The third-order valence-electron chi connectivity index (χ3n) is 1.42. The van der Waals surface area contributed by atoms with E-state index in [2.05, 4.69) is 4.98 Å². The molecule has 6 heteroatoms. The number of primary amides is 1. The van der Waals surface area contributed by atoms with Crippen molar-refractivity contribution in [3.8, 4) is 0 Å². The summed E-state index contributed by atoms with van der Waals surface area (Å²) in [6, 6.07) is 3.29. The standard InChI is InChI=1S/C6H6N2O.C4H6O3/c7-6(9)5-2-1-3-8-4-5;5-3-1-2-4(6)7/h1-4H,(H2,7,9);3H,1-2H2,(H,6,7). The molecule has 1 aromatic rings. The van der Waals surface area contributed by atoms with Crippen LogP contribution in [0.2, 0.25) is 0 Å². The summed E-state index contributed by atoms with van der Waals surface area (Å²) in [5.74, 6) is -1.37. The zero-order valence-electron chi connectivity index (χ0n) is 8.50. The van der Waals surface area contributed by atoms with Crippen LogP contribution >= 0.6 is 0 Å². The lowest BCUT2D eigenvalue weighted by Crippen LogP contribution is -2.10. The fourth-order valence-corrected chi connectivity index (χ4v) is 0.691. The summed E-state index contributed by atoms with van der Waals surface area (Å²) < 4.78 is 0. The van der Waals surface area contributed by atoms with Crippen LogP contribution in [0.5, 0.6) is 0 Å². The Balaban J connectivity index is 0.000000293. The molecule has 0 aliphatic heterocycles. The molecule has 0 aliphatic carbocycles. The van der Waals surface area contributed by atoms with Gasteiger partial charge in [-0.3, -0.25) is 14.6 Å². The van der Waals surface area contributed by atoms with Crippen molar-refractivity contribution in [3.05, 3.63) is 30.1 Å². The van der Waals surface area contributed by atoms with Gasteiger partial charge in [0.05, 0.1) is 12.0 Å². The molecule has 3 N–H and O–H groups in total. The molecule has 0 unspecified atom stereocenters. The molecule has 16 heavy (non-hydrogen) atoms. The molecule has 86 valence electrons. The Hall–Kier alpha value is -2.24. The summed E-state index contributed by atoms with van der Waals surface area (Å²) in [5, 5.41) is 7.89. The molecule has 1 amide bonds. The van der Waals surface area contributed by atoms with E-state index in [1.807, 2.05) is 0 Å². The van der Waals surface area contributed by atoms with Crippen LogP contribution in [0.25, 0.3) is 0 Å². The minimum absolute atomic E-state index is 0.0521. The molecule has 0 radical (unpaired) electrons. The zero-order chi connectivity index (χ0) is 12.4. The number of hydrogen-bond acceptors (Lipinski definition) is 4. The number of carbonyl (C=O) groups is 3. The molecular weight excluding hydrogens is 212 g/mol. The second-order valence-electron chi connectivity index (χ2n) is 2.71. The molecule has 1 aromatic heterocycles. The van der Waals surface area contributed by atoms with E-state index in [9.17, 15) is 14.4 Å². The van der Waals surface area contributed by atoms with Crippen molar-refractivity contribution in [2.24, 2.45) is 5.73 Å². The predicted octanol–water partition coefficient (Wildman–Crippen LogP) is 0.231. The third kappa shape index (κ3) is 7.19. The largest absolute Gasteiger partial charge is 0.481 e. The van der Waals surface area contributed by atoms with Gasteiger partial charge in [0, 0.05) is 18.8 Å². The molecule has 0 saturated heterocycles. The van der Waals surface area contributed by atoms with E-state index in [0.717, 1.165) is 0 Å². The van der Waals surface area contributed by atoms with E-state index >= 15 is 0 Å². The molecule has 0 aliphatic rings. The lowest BCUT2D eigenvalue weighted by Gasteiger charge is -1.88.